The lowest BCUT2D eigenvalue weighted by molar-refractivity contribution is -0.147. The van der Waals surface area contributed by atoms with Crippen molar-refractivity contribution in [3.05, 3.63) is 29.8 Å². The molecule has 4 saturated carbocycles. The van der Waals surface area contributed by atoms with Crippen molar-refractivity contribution >= 4 is 23.6 Å². The normalized spacial score (nSPS) is 36.1. The third-order valence-electron chi connectivity index (χ3n) is 7.22. The summed E-state index contributed by atoms with van der Waals surface area (Å²) in [4.78, 5) is 26.8. The monoisotopic (exact) mass is 384 g/mol. The van der Waals surface area contributed by atoms with E-state index in [1.807, 2.05) is 23.9 Å². The summed E-state index contributed by atoms with van der Waals surface area (Å²) >= 11 is 1.85. The van der Waals surface area contributed by atoms with Crippen molar-refractivity contribution in [1.82, 2.24) is 10.6 Å². The molecule has 4 fully saturated rings. The van der Waals surface area contributed by atoms with Crippen molar-refractivity contribution in [2.45, 2.75) is 55.9 Å². The van der Waals surface area contributed by atoms with E-state index in [1.165, 1.54) is 29.7 Å². The van der Waals surface area contributed by atoms with Gasteiger partial charge in [-0.2, -0.15) is 0 Å². The van der Waals surface area contributed by atoms with Crippen LogP contribution in [0.4, 0.5) is 0 Å². The van der Waals surface area contributed by atoms with E-state index in [-0.39, 0.29) is 29.8 Å². The highest BCUT2D eigenvalue weighted by atomic mass is 32.2. The second-order valence-electron chi connectivity index (χ2n) is 9.18. The van der Waals surface area contributed by atoms with Gasteiger partial charge in [0.15, 0.2) is 0 Å². The molecule has 1 heterocycles. The van der Waals surface area contributed by atoms with Crippen LogP contribution in [0.2, 0.25) is 0 Å². The molecule has 6 rings (SSSR count). The summed E-state index contributed by atoms with van der Waals surface area (Å²) in [6.07, 6.45) is 8.04. The van der Waals surface area contributed by atoms with Gasteiger partial charge in [0, 0.05) is 16.1 Å². The van der Waals surface area contributed by atoms with Crippen molar-refractivity contribution in [2.24, 2.45) is 23.2 Å². The molecule has 0 radical (unpaired) electrons. The van der Waals surface area contributed by atoms with Crippen LogP contribution >= 0.6 is 11.8 Å². The summed E-state index contributed by atoms with van der Waals surface area (Å²) < 4.78 is 0. The average molecular weight is 385 g/mol. The van der Waals surface area contributed by atoms with Crippen molar-refractivity contribution in [3.63, 3.8) is 0 Å². The summed E-state index contributed by atoms with van der Waals surface area (Å²) in [7, 11) is 0. The largest absolute Gasteiger partial charge is 0.348 e. The third kappa shape index (κ3) is 3.28. The van der Waals surface area contributed by atoms with Crippen LogP contribution in [0.5, 0.6) is 0 Å². The fourth-order valence-corrected chi connectivity index (χ4v) is 7.60. The highest BCUT2D eigenvalue weighted by Crippen LogP contribution is 2.60. The minimum atomic E-state index is -0.177. The summed E-state index contributed by atoms with van der Waals surface area (Å²) in [5.41, 5.74) is 1.03. The van der Waals surface area contributed by atoms with Gasteiger partial charge in [0.2, 0.25) is 11.8 Å². The predicted molar refractivity (Wildman–Crippen MR) is 106 cm³/mol. The molecule has 1 unspecified atom stereocenters. The minimum absolute atomic E-state index is 0.0615. The highest BCUT2D eigenvalue weighted by molar-refractivity contribution is 7.99. The Hall–Kier alpha value is -1.49. The van der Waals surface area contributed by atoms with E-state index < -0.39 is 0 Å². The molecular weight excluding hydrogens is 356 g/mol. The van der Waals surface area contributed by atoms with Crippen LogP contribution in [-0.2, 0) is 9.59 Å². The van der Waals surface area contributed by atoms with Crippen LogP contribution in [0, 0.1) is 23.2 Å². The Balaban J connectivity index is 1.19. The van der Waals surface area contributed by atoms with Crippen LogP contribution in [0.15, 0.2) is 29.2 Å². The standard InChI is InChI=1S/C22H28N2O2S/c25-20(24-18-5-6-27-19-4-2-1-3-17(18)19)13-23-21(26)22-10-14-7-15(11-22)9-16(8-14)12-22/h1-4,14-16,18H,5-13H2,(H,23,26)(H,24,25). The van der Waals surface area contributed by atoms with E-state index in [4.69, 9.17) is 0 Å². The van der Waals surface area contributed by atoms with E-state index in [2.05, 4.69) is 22.8 Å². The molecule has 1 aromatic rings. The molecule has 4 bridgehead atoms. The smallest absolute Gasteiger partial charge is 0.239 e. The zero-order valence-corrected chi connectivity index (χ0v) is 16.5. The van der Waals surface area contributed by atoms with E-state index in [9.17, 15) is 9.59 Å². The molecule has 5 aliphatic rings. The molecule has 1 aromatic carbocycles. The van der Waals surface area contributed by atoms with Gasteiger partial charge in [-0.3, -0.25) is 9.59 Å². The van der Waals surface area contributed by atoms with Gasteiger partial charge in [0.25, 0.3) is 0 Å². The zero-order valence-electron chi connectivity index (χ0n) is 15.7. The molecule has 4 aliphatic carbocycles. The molecule has 1 atom stereocenters. The lowest BCUT2D eigenvalue weighted by Crippen LogP contribution is -2.54. The van der Waals surface area contributed by atoms with Gasteiger partial charge in [-0.25, -0.2) is 0 Å². The van der Waals surface area contributed by atoms with Crippen LogP contribution < -0.4 is 10.6 Å². The number of amides is 2. The number of rotatable bonds is 4. The maximum absolute atomic E-state index is 13.0. The van der Waals surface area contributed by atoms with Gasteiger partial charge >= 0.3 is 0 Å². The number of benzene rings is 1. The first-order valence-electron chi connectivity index (χ1n) is 10.4. The van der Waals surface area contributed by atoms with Gasteiger partial charge in [-0.15, -0.1) is 11.8 Å². The first kappa shape index (κ1) is 17.6. The maximum Gasteiger partial charge on any atom is 0.239 e. The number of nitrogens with one attached hydrogen (secondary N) is 2. The van der Waals surface area contributed by atoms with Crippen LogP contribution in [0.1, 0.15) is 56.6 Å². The second kappa shape index (κ2) is 6.84. The molecule has 2 N–H and O–H groups in total. The lowest BCUT2D eigenvalue weighted by atomic mass is 9.49. The Bertz CT molecular complexity index is 727. The van der Waals surface area contributed by atoms with E-state index in [1.54, 1.807) is 0 Å². The molecular formula is C22H28N2O2S. The van der Waals surface area contributed by atoms with Gasteiger partial charge in [0.05, 0.1) is 12.6 Å². The Morgan fingerprint density at radius 1 is 1.04 bits per heavy atom. The van der Waals surface area contributed by atoms with Crippen molar-refractivity contribution < 1.29 is 9.59 Å². The predicted octanol–water partition coefficient (Wildman–Crippen LogP) is 3.67. The maximum atomic E-state index is 13.0. The quantitative estimate of drug-likeness (QED) is 0.833. The molecule has 27 heavy (non-hydrogen) atoms. The SMILES string of the molecule is O=C(CNC(=O)C12CC3CC(CC(C3)C1)C2)NC1CCSc2ccccc21. The molecule has 144 valence electrons. The van der Waals surface area contributed by atoms with Crippen molar-refractivity contribution in [2.75, 3.05) is 12.3 Å². The molecule has 2 amide bonds. The van der Waals surface area contributed by atoms with Gasteiger partial charge in [-0.1, -0.05) is 18.2 Å². The van der Waals surface area contributed by atoms with Crippen LogP contribution in [-0.4, -0.2) is 24.1 Å². The minimum Gasteiger partial charge on any atom is -0.348 e. The number of thioether (sulfide) groups is 1. The van der Waals surface area contributed by atoms with Gasteiger partial charge < -0.3 is 10.6 Å². The van der Waals surface area contributed by atoms with E-state index >= 15 is 0 Å². The Morgan fingerprint density at radius 2 is 1.70 bits per heavy atom. The molecule has 0 saturated heterocycles. The summed E-state index contributed by atoms with van der Waals surface area (Å²) in [6, 6.07) is 8.35. The Morgan fingerprint density at radius 3 is 2.41 bits per heavy atom. The van der Waals surface area contributed by atoms with E-state index in [0.717, 1.165) is 49.2 Å². The molecule has 5 heteroatoms. The first-order chi connectivity index (χ1) is 13.1. The fraction of sp³-hybridized carbons (Fsp3) is 0.636. The fourth-order valence-electron chi connectivity index (χ4n) is 6.47. The molecule has 1 aliphatic heterocycles. The van der Waals surface area contributed by atoms with Crippen LogP contribution in [0.3, 0.4) is 0 Å². The molecule has 4 nitrogen and oxygen atoms in total. The number of hydrogen-bond donors (Lipinski definition) is 2. The molecule has 0 aromatic heterocycles. The van der Waals surface area contributed by atoms with E-state index in [0.29, 0.717) is 0 Å². The first-order valence-corrected chi connectivity index (χ1v) is 11.4. The molecule has 0 spiro atoms. The van der Waals surface area contributed by atoms with Crippen molar-refractivity contribution in [1.29, 1.82) is 0 Å². The lowest BCUT2D eigenvalue weighted by Gasteiger charge is -2.55. The Kier molecular flexibility index (Phi) is 4.46. The Labute approximate surface area is 165 Å². The number of carbonyl (C=O) groups is 2. The summed E-state index contributed by atoms with van der Waals surface area (Å²) in [5, 5.41) is 6.13. The number of carbonyl (C=O) groups excluding carboxylic acids is 2. The number of fused-ring (bicyclic) bond motifs is 1. The zero-order chi connectivity index (χ0) is 18.4. The van der Waals surface area contributed by atoms with Gasteiger partial charge in [0.1, 0.15) is 0 Å². The highest BCUT2D eigenvalue weighted by Gasteiger charge is 2.54. The third-order valence-corrected chi connectivity index (χ3v) is 8.35. The summed E-state index contributed by atoms with van der Waals surface area (Å²) in [6.45, 7) is 0.104. The summed E-state index contributed by atoms with van der Waals surface area (Å²) in [5.74, 6) is 3.31. The van der Waals surface area contributed by atoms with Crippen molar-refractivity contribution in [3.8, 4) is 0 Å². The second-order valence-corrected chi connectivity index (χ2v) is 10.3. The number of hydrogen-bond acceptors (Lipinski definition) is 3. The topological polar surface area (TPSA) is 58.2 Å². The average Bonchev–Trinajstić information content (AvgIpc) is 2.65. The van der Waals surface area contributed by atoms with Gasteiger partial charge in [-0.05, 0) is 74.3 Å². The van der Waals surface area contributed by atoms with Crippen LogP contribution in [0.25, 0.3) is 0 Å².